The Kier molecular flexibility index (Phi) is 4.99. The van der Waals surface area contributed by atoms with Crippen LogP contribution in [0.4, 0.5) is 0 Å². The number of amides is 1. The summed E-state index contributed by atoms with van der Waals surface area (Å²) in [4.78, 5) is 13.6. The second-order valence-corrected chi connectivity index (χ2v) is 6.06. The van der Waals surface area contributed by atoms with Crippen LogP contribution in [-0.2, 0) is 4.79 Å². The summed E-state index contributed by atoms with van der Waals surface area (Å²) in [5.74, 6) is 0.734. The summed E-state index contributed by atoms with van der Waals surface area (Å²) in [6.07, 6.45) is 2.61. The molecule has 1 aliphatic heterocycles. The molecule has 0 saturated carbocycles. The van der Waals surface area contributed by atoms with Gasteiger partial charge in [-0.2, -0.15) is 0 Å². The van der Waals surface area contributed by atoms with E-state index >= 15 is 0 Å². The van der Waals surface area contributed by atoms with E-state index in [0.29, 0.717) is 12.3 Å². The molecular weight excluding hydrogens is 304 g/mol. The fraction of sp³-hybridized carbons (Fsp3) is 0.533. The quantitative estimate of drug-likeness (QED) is 0.928. The lowest BCUT2D eigenvalue weighted by atomic mass is 9.86. The first-order valence-electron chi connectivity index (χ1n) is 6.90. The summed E-state index contributed by atoms with van der Waals surface area (Å²) in [6, 6.07) is 8.30. The number of halogens is 1. The molecule has 4 heteroatoms. The van der Waals surface area contributed by atoms with Crippen molar-refractivity contribution in [1.82, 2.24) is 4.90 Å². The number of likely N-dealkylation sites (tertiary alicyclic amines) is 1. The summed E-state index contributed by atoms with van der Waals surface area (Å²) in [7, 11) is 0. The summed E-state index contributed by atoms with van der Waals surface area (Å²) in [6.45, 7) is 3.62. The molecule has 0 spiro atoms. The Bertz CT molecular complexity index is 424. The number of hydrogen-bond acceptors (Lipinski definition) is 2. The first-order valence-corrected chi connectivity index (χ1v) is 7.70. The molecule has 1 unspecified atom stereocenters. The van der Waals surface area contributed by atoms with Crippen LogP contribution in [0.15, 0.2) is 28.7 Å². The van der Waals surface area contributed by atoms with Crippen molar-refractivity contribution in [2.24, 2.45) is 11.7 Å². The largest absolute Gasteiger partial charge is 0.343 e. The highest BCUT2D eigenvalue weighted by Gasteiger charge is 2.26. The fourth-order valence-corrected chi connectivity index (χ4v) is 2.95. The van der Waals surface area contributed by atoms with Crippen molar-refractivity contribution in [1.29, 1.82) is 0 Å². The monoisotopic (exact) mass is 324 g/mol. The molecule has 104 valence electrons. The summed E-state index contributed by atoms with van der Waals surface area (Å²) in [5, 5.41) is 0. The average Bonchev–Trinajstić information content (AvgIpc) is 2.46. The molecule has 0 aromatic heterocycles. The van der Waals surface area contributed by atoms with Crippen LogP contribution in [0.25, 0.3) is 0 Å². The molecule has 2 rings (SSSR count). The maximum atomic E-state index is 11.6. The van der Waals surface area contributed by atoms with Gasteiger partial charge in [0.25, 0.3) is 0 Å². The van der Waals surface area contributed by atoms with E-state index < -0.39 is 0 Å². The zero-order valence-corrected chi connectivity index (χ0v) is 12.9. The van der Waals surface area contributed by atoms with Crippen molar-refractivity contribution < 1.29 is 4.79 Å². The lowest BCUT2D eigenvalue weighted by molar-refractivity contribution is -0.132. The van der Waals surface area contributed by atoms with Crippen molar-refractivity contribution in [3.8, 4) is 0 Å². The van der Waals surface area contributed by atoms with Crippen molar-refractivity contribution in [3.63, 3.8) is 0 Å². The number of benzene rings is 1. The van der Waals surface area contributed by atoms with Gasteiger partial charge in [0.1, 0.15) is 0 Å². The summed E-state index contributed by atoms with van der Waals surface area (Å²) in [5.41, 5.74) is 7.54. The SMILES string of the molecule is CCC(=O)N1CCC(C(N)c2ccc(Br)cc2)CC1. The number of carbonyl (C=O) groups is 1. The zero-order valence-electron chi connectivity index (χ0n) is 11.3. The van der Waals surface area contributed by atoms with Gasteiger partial charge >= 0.3 is 0 Å². The van der Waals surface area contributed by atoms with Crippen LogP contribution >= 0.6 is 15.9 Å². The van der Waals surface area contributed by atoms with E-state index in [-0.39, 0.29) is 11.9 Å². The molecule has 1 aliphatic rings. The summed E-state index contributed by atoms with van der Waals surface area (Å²) >= 11 is 3.44. The highest BCUT2D eigenvalue weighted by atomic mass is 79.9. The molecule has 1 heterocycles. The first kappa shape index (κ1) is 14.5. The van der Waals surface area contributed by atoms with E-state index in [9.17, 15) is 4.79 Å². The van der Waals surface area contributed by atoms with Gasteiger partial charge in [-0.05, 0) is 36.5 Å². The summed E-state index contributed by atoms with van der Waals surface area (Å²) < 4.78 is 1.08. The average molecular weight is 325 g/mol. The minimum Gasteiger partial charge on any atom is -0.343 e. The molecule has 1 aromatic rings. The molecule has 0 aliphatic carbocycles. The standard InChI is InChI=1S/C15H21BrN2O/c1-2-14(19)18-9-7-12(8-10-18)15(17)11-3-5-13(16)6-4-11/h3-6,12,15H,2,7-10,17H2,1H3. The Morgan fingerprint density at radius 2 is 1.95 bits per heavy atom. The van der Waals surface area contributed by atoms with Crippen LogP contribution in [0.5, 0.6) is 0 Å². The predicted molar refractivity (Wildman–Crippen MR) is 80.7 cm³/mol. The van der Waals surface area contributed by atoms with Gasteiger partial charge in [-0.15, -0.1) is 0 Å². The van der Waals surface area contributed by atoms with Crippen molar-refractivity contribution in [3.05, 3.63) is 34.3 Å². The van der Waals surface area contributed by atoms with Gasteiger partial charge in [-0.3, -0.25) is 4.79 Å². The minimum absolute atomic E-state index is 0.0759. The van der Waals surface area contributed by atoms with E-state index in [1.807, 2.05) is 24.0 Å². The fourth-order valence-electron chi connectivity index (χ4n) is 2.69. The molecule has 1 atom stereocenters. The third kappa shape index (κ3) is 3.57. The highest BCUT2D eigenvalue weighted by Crippen LogP contribution is 2.29. The Balaban J connectivity index is 1.94. The Morgan fingerprint density at radius 1 is 1.37 bits per heavy atom. The normalized spacial score (nSPS) is 18.4. The van der Waals surface area contributed by atoms with E-state index in [4.69, 9.17) is 5.73 Å². The smallest absolute Gasteiger partial charge is 0.222 e. The molecular formula is C15H21BrN2O. The molecule has 1 saturated heterocycles. The predicted octanol–water partition coefficient (Wildman–Crippen LogP) is 3.10. The molecule has 3 nitrogen and oxygen atoms in total. The topological polar surface area (TPSA) is 46.3 Å². The number of nitrogens with zero attached hydrogens (tertiary/aromatic N) is 1. The number of rotatable bonds is 3. The lowest BCUT2D eigenvalue weighted by Crippen LogP contribution is -2.40. The molecule has 2 N–H and O–H groups in total. The van der Waals surface area contributed by atoms with Crippen molar-refractivity contribution in [2.45, 2.75) is 32.2 Å². The van der Waals surface area contributed by atoms with Gasteiger partial charge in [0.05, 0.1) is 0 Å². The van der Waals surface area contributed by atoms with Gasteiger partial charge in [0, 0.05) is 30.0 Å². The number of carbonyl (C=O) groups excluding carboxylic acids is 1. The Labute approximate surface area is 123 Å². The maximum absolute atomic E-state index is 11.6. The van der Waals surface area contributed by atoms with E-state index in [0.717, 1.165) is 30.4 Å². The minimum atomic E-state index is 0.0759. The molecule has 1 aromatic carbocycles. The van der Waals surface area contributed by atoms with Gasteiger partial charge in [0.2, 0.25) is 5.91 Å². The second kappa shape index (κ2) is 6.53. The van der Waals surface area contributed by atoms with Crippen LogP contribution in [0.2, 0.25) is 0 Å². The number of piperidine rings is 1. The van der Waals surface area contributed by atoms with E-state index in [2.05, 4.69) is 28.1 Å². The zero-order chi connectivity index (χ0) is 13.8. The lowest BCUT2D eigenvalue weighted by Gasteiger charge is -2.34. The Hall–Kier alpha value is -0.870. The van der Waals surface area contributed by atoms with Gasteiger partial charge in [-0.1, -0.05) is 35.0 Å². The van der Waals surface area contributed by atoms with Gasteiger partial charge < -0.3 is 10.6 Å². The number of nitrogens with two attached hydrogens (primary N) is 1. The van der Waals surface area contributed by atoms with E-state index in [1.54, 1.807) is 0 Å². The van der Waals surface area contributed by atoms with Crippen LogP contribution in [0, 0.1) is 5.92 Å². The van der Waals surface area contributed by atoms with Gasteiger partial charge in [0.15, 0.2) is 0 Å². The Morgan fingerprint density at radius 3 is 2.47 bits per heavy atom. The van der Waals surface area contributed by atoms with Crippen molar-refractivity contribution in [2.75, 3.05) is 13.1 Å². The highest BCUT2D eigenvalue weighted by molar-refractivity contribution is 9.10. The second-order valence-electron chi connectivity index (χ2n) is 5.15. The van der Waals surface area contributed by atoms with Crippen LogP contribution in [0.1, 0.15) is 37.8 Å². The molecule has 19 heavy (non-hydrogen) atoms. The maximum Gasteiger partial charge on any atom is 0.222 e. The third-order valence-electron chi connectivity index (χ3n) is 3.96. The third-order valence-corrected chi connectivity index (χ3v) is 4.49. The first-order chi connectivity index (χ1) is 9.11. The molecule has 1 fully saturated rings. The van der Waals surface area contributed by atoms with Crippen LogP contribution < -0.4 is 5.73 Å². The van der Waals surface area contributed by atoms with Crippen LogP contribution in [-0.4, -0.2) is 23.9 Å². The molecule has 0 bridgehead atoms. The van der Waals surface area contributed by atoms with Crippen molar-refractivity contribution >= 4 is 21.8 Å². The van der Waals surface area contributed by atoms with Gasteiger partial charge in [-0.25, -0.2) is 0 Å². The van der Waals surface area contributed by atoms with Crippen LogP contribution in [0.3, 0.4) is 0 Å². The number of hydrogen-bond donors (Lipinski definition) is 1. The van der Waals surface area contributed by atoms with E-state index in [1.165, 1.54) is 5.56 Å². The molecule has 0 radical (unpaired) electrons. The molecule has 1 amide bonds.